The van der Waals surface area contributed by atoms with Gasteiger partial charge in [0.25, 0.3) is 0 Å². The number of rotatable bonds is 4. The lowest BCUT2D eigenvalue weighted by Crippen LogP contribution is -2.32. The van der Waals surface area contributed by atoms with Gasteiger partial charge in [-0.3, -0.25) is 0 Å². The van der Waals surface area contributed by atoms with Gasteiger partial charge in [-0.05, 0) is 53.0 Å². The molecule has 1 atom stereocenters. The highest BCUT2D eigenvalue weighted by molar-refractivity contribution is 9.10. The number of allylic oxidation sites excluding steroid dienone is 2. The van der Waals surface area contributed by atoms with Crippen molar-refractivity contribution in [2.75, 3.05) is 0 Å². The Morgan fingerprint density at radius 3 is 2.24 bits per heavy atom. The van der Waals surface area contributed by atoms with Crippen LogP contribution in [0.3, 0.4) is 0 Å². The molecule has 0 N–H and O–H groups in total. The lowest BCUT2D eigenvalue weighted by atomic mass is 9.61. The van der Waals surface area contributed by atoms with Crippen molar-refractivity contribution in [3.63, 3.8) is 0 Å². The van der Waals surface area contributed by atoms with Crippen LogP contribution in [0.4, 0.5) is 0 Å². The quantitative estimate of drug-likeness (QED) is 0.628. The SMILES string of the molecule is CC1(C)C=C(c2ccc(Br)cc2)[C@H]1CCc1ccccc1. The van der Waals surface area contributed by atoms with Crippen LogP contribution in [0.1, 0.15) is 31.4 Å². The summed E-state index contributed by atoms with van der Waals surface area (Å²) in [7, 11) is 0. The zero-order valence-electron chi connectivity index (χ0n) is 12.6. The summed E-state index contributed by atoms with van der Waals surface area (Å²) in [5.74, 6) is 0.652. The van der Waals surface area contributed by atoms with Crippen LogP contribution in [0.15, 0.2) is 65.1 Å². The zero-order chi connectivity index (χ0) is 14.9. The number of hydrogen-bond acceptors (Lipinski definition) is 0. The molecule has 1 aliphatic rings. The molecule has 0 heterocycles. The van der Waals surface area contributed by atoms with Crippen LogP contribution in [0.25, 0.3) is 5.57 Å². The molecule has 0 nitrogen and oxygen atoms in total. The molecule has 0 aromatic heterocycles. The van der Waals surface area contributed by atoms with Crippen molar-refractivity contribution < 1.29 is 0 Å². The monoisotopic (exact) mass is 340 g/mol. The number of aryl methyl sites for hydroxylation is 1. The molecule has 0 spiro atoms. The molecule has 2 aromatic carbocycles. The van der Waals surface area contributed by atoms with E-state index in [0.717, 1.165) is 10.9 Å². The molecule has 3 rings (SSSR count). The molecular weight excluding hydrogens is 320 g/mol. The second-order valence-corrected chi connectivity index (χ2v) is 7.42. The first-order valence-electron chi connectivity index (χ1n) is 7.59. The number of hydrogen-bond donors (Lipinski definition) is 0. The topological polar surface area (TPSA) is 0 Å². The molecule has 21 heavy (non-hydrogen) atoms. The summed E-state index contributed by atoms with van der Waals surface area (Å²) in [4.78, 5) is 0. The Hall–Kier alpha value is -1.34. The van der Waals surface area contributed by atoms with Gasteiger partial charge in [0.2, 0.25) is 0 Å². The van der Waals surface area contributed by atoms with E-state index < -0.39 is 0 Å². The van der Waals surface area contributed by atoms with Crippen LogP contribution >= 0.6 is 15.9 Å². The predicted octanol–water partition coefficient (Wildman–Crippen LogP) is 6.12. The molecule has 108 valence electrons. The normalized spacial score (nSPS) is 19.8. The summed E-state index contributed by atoms with van der Waals surface area (Å²) in [6.45, 7) is 4.70. The smallest absolute Gasteiger partial charge is 0.0175 e. The molecule has 0 saturated carbocycles. The molecule has 0 unspecified atom stereocenters. The summed E-state index contributed by atoms with van der Waals surface area (Å²) in [6, 6.07) is 19.5. The van der Waals surface area contributed by atoms with E-state index >= 15 is 0 Å². The van der Waals surface area contributed by atoms with Gasteiger partial charge in [0.15, 0.2) is 0 Å². The number of benzene rings is 2. The summed E-state index contributed by atoms with van der Waals surface area (Å²) in [5.41, 5.74) is 4.64. The van der Waals surface area contributed by atoms with Crippen molar-refractivity contribution in [3.8, 4) is 0 Å². The summed E-state index contributed by atoms with van der Waals surface area (Å²) in [5, 5.41) is 0. The van der Waals surface area contributed by atoms with Crippen molar-refractivity contribution in [2.24, 2.45) is 11.3 Å². The van der Waals surface area contributed by atoms with Gasteiger partial charge in [-0.2, -0.15) is 0 Å². The Kier molecular flexibility index (Phi) is 4.03. The lowest BCUT2D eigenvalue weighted by Gasteiger charge is -2.44. The maximum Gasteiger partial charge on any atom is 0.0175 e. The molecular formula is C20H21Br. The fraction of sp³-hybridized carbons (Fsp3) is 0.300. The van der Waals surface area contributed by atoms with E-state index in [1.54, 1.807) is 0 Å². The van der Waals surface area contributed by atoms with E-state index in [-0.39, 0.29) is 0 Å². The Bertz CT molecular complexity index is 635. The zero-order valence-corrected chi connectivity index (χ0v) is 14.2. The Balaban J connectivity index is 1.75. The summed E-state index contributed by atoms with van der Waals surface area (Å²) in [6.07, 6.45) is 4.81. The summed E-state index contributed by atoms with van der Waals surface area (Å²) >= 11 is 3.51. The van der Waals surface area contributed by atoms with Gasteiger partial charge in [0.1, 0.15) is 0 Å². The fourth-order valence-electron chi connectivity index (χ4n) is 3.32. The third-order valence-corrected chi connectivity index (χ3v) is 5.07. The maximum atomic E-state index is 3.51. The number of halogens is 1. The Morgan fingerprint density at radius 1 is 0.952 bits per heavy atom. The molecule has 0 aliphatic heterocycles. The Morgan fingerprint density at radius 2 is 1.62 bits per heavy atom. The molecule has 0 amide bonds. The van der Waals surface area contributed by atoms with E-state index in [2.05, 4.69) is 90.5 Å². The van der Waals surface area contributed by atoms with Gasteiger partial charge >= 0.3 is 0 Å². The van der Waals surface area contributed by atoms with Crippen LogP contribution in [0.5, 0.6) is 0 Å². The van der Waals surface area contributed by atoms with Crippen LogP contribution in [-0.4, -0.2) is 0 Å². The van der Waals surface area contributed by atoms with Crippen molar-refractivity contribution in [1.29, 1.82) is 0 Å². The minimum absolute atomic E-state index is 0.317. The van der Waals surface area contributed by atoms with Crippen molar-refractivity contribution in [2.45, 2.75) is 26.7 Å². The van der Waals surface area contributed by atoms with E-state index in [0.29, 0.717) is 11.3 Å². The average molecular weight is 341 g/mol. The molecule has 1 heteroatoms. The van der Waals surface area contributed by atoms with E-state index in [1.165, 1.54) is 23.1 Å². The highest BCUT2D eigenvalue weighted by Gasteiger charge is 2.39. The third-order valence-electron chi connectivity index (χ3n) is 4.54. The highest BCUT2D eigenvalue weighted by Crippen LogP contribution is 2.51. The fourth-order valence-corrected chi connectivity index (χ4v) is 3.58. The van der Waals surface area contributed by atoms with E-state index in [4.69, 9.17) is 0 Å². The molecule has 1 aliphatic carbocycles. The first kappa shape index (κ1) is 14.6. The van der Waals surface area contributed by atoms with Gasteiger partial charge in [-0.25, -0.2) is 0 Å². The van der Waals surface area contributed by atoms with Crippen molar-refractivity contribution >= 4 is 21.5 Å². The van der Waals surface area contributed by atoms with Crippen molar-refractivity contribution in [1.82, 2.24) is 0 Å². The largest absolute Gasteiger partial charge is 0.0741 e. The summed E-state index contributed by atoms with van der Waals surface area (Å²) < 4.78 is 1.14. The van der Waals surface area contributed by atoms with Crippen LogP contribution < -0.4 is 0 Å². The third kappa shape index (κ3) is 3.13. The van der Waals surface area contributed by atoms with Crippen LogP contribution in [0.2, 0.25) is 0 Å². The van der Waals surface area contributed by atoms with Gasteiger partial charge in [0.05, 0.1) is 0 Å². The standard InChI is InChI=1S/C20H21Br/c1-20(2)14-18(16-9-11-17(21)12-10-16)19(20)13-8-15-6-4-3-5-7-15/h3-7,9-12,14,19H,8,13H2,1-2H3/t19-/m1/s1. The Labute approximate surface area is 136 Å². The molecule has 0 fully saturated rings. The second-order valence-electron chi connectivity index (χ2n) is 6.50. The minimum atomic E-state index is 0.317. The van der Waals surface area contributed by atoms with Crippen LogP contribution in [-0.2, 0) is 6.42 Å². The first-order valence-corrected chi connectivity index (χ1v) is 8.38. The van der Waals surface area contributed by atoms with Gasteiger partial charge in [-0.15, -0.1) is 0 Å². The van der Waals surface area contributed by atoms with E-state index in [1.807, 2.05) is 0 Å². The van der Waals surface area contributed by atoms with Crippen LogP contribution in [0, 0.1) is 11.3 Å². The van der Waals surface area contributed by atoms with Crippen molar-refractivity contribution in [3.05, 3.63) is 76.3 Å². The molecule has 0 radical (unpaired) electrons. The molecule has 0 saturated heterocycles. The lowest BCUT2D eigenvalue weighted by molar-refractivity contribution is 0.298. The molecule has 0 bridgehead atoms. The highest BCUT2D eigenvalue weighted by atomic mass is 79.9. The van der Waals surface area contributed by atoms with Gasteiger partial charge in [0, 0.05) is 4.47 Å². The molecule has 2 aromatic rings. The second kappa shape index (κ2) is 5.81. The predicted molar refractivity (Wildman–Crippen MR) is 94.2 cm³/mol. The van der Waals surface area contributed by atoms with Gasteiger partial charge in [-0.1, -0.05) is 78.3 Å². The minimum Gasteiger partial charge on any atom is -0.0741 e. The van der Waals surface area contributed by atoms with E-state index in [9.17, 15) is 0 Å². The first-order chi connectivity index (χ1) is 10.1. The van der Waals surface area contributed by atoms with Gasteiger partial charge < -0.3 is 0 Å². The average Bonchev–Trinajstić information content (AvgIpc) is 2.47. The maximum absolute atomic E-state index is 3.51.